The molecule has 10 aromatic rings. The van der Waals surface area contributed by atoms with E-state index in [0.29, 0.717) is 0 Å². The van der Waals surface area contributed by atoms with Crippen LogP contribution in [0.3, 0.4) is 0 Å². The molecule has 2 heterocycles. The van der Waals surface area contributed by atoms with Crippen LogP contribution in [0.25, 0.3) is 87.7 Å². The van der Waals surface area contributed by atoms with Crippen molar-refractivity contribution in [2.24, 2.45) is 0 Å². The topological polar surface area (TPSA) is 9.86 Å². The number of nitrogens with zero attached hydrogens (tertiary/aromatic N) is 2. The normalized spacial score (nSPS) is 11.9. The molecule has 0 aliphatic heterocycles. The van der Waals surface area contributed by atoms with Gasteiger partial charge in [0, 0.05) is 32.9 Å². The Morgan fingerprint density at radius 1 is 0.304 bits per heavy atom. The van der Waals surface area contributed by atoms with Gasteiger partial charge in [-0.15, -0.1) is 0 Å². The van der Waals surface area contributed by atoms with Crippen LogP contribution in [0, 0.1) is 0 Å². The zero-order chi connectivity index (χ0) is 30.2. The lowest BCUT2D eigenvalue weighted by Gasteiger charge is -2.12. The highest BCUT2D eigenvalue weighted by Gasteiger charge is 2.20. The number of benzene rings is 8. The summed E-state index contributed by atoms with van der Waals surface area (Å²) in [6.07, 6.45) is 0. The Bertz CT molecular complexity index is 2810. The molecule has 214 valence electrons. The quantitative estimate of drug-likeness (QED) is 0.195. The van der Waals surface area contributed by atoms with Crippen molar-refractivity contribution >= 4 is 65.2 Å². The van der Waals surface area contributed by atoms with Crippen molar-refractivity contribution in [3.05, 3.63) is 170 Å². The predicted octanol–water partition coefficient (Wildman–Crippen LogP) is 11.9. The Hall–Kier alpha value is -6.12. The zero-order valence-corrected chi connectivity index (χ0v) is 25.1. The van der Waals surface area contributed by atoms with Gasteiger partial charge < -0.3 is 9.13 Å². The summed E-state index contributed by atoms with van der Waals surface area (Å²) in [5.74, 6) is 0. The minimum Gasteiger partial charge on any atom is -0.309 e. The van der Waals surface area contributed by atoms with Crippen LogP contribution in [-0.2, 0) is 0 Å². The van der Waals surface area contributed by atoms with E-state index >= 15 is 0 Å². The number of hydrogen-bond donors (Lipinski definition) is 0. The Kier molecular flexibility index (Phi) is 5.31. The van der Waals surface area contributed by atoms with E-state index in [1.807, 2.05) is 0 Å². The number of hydrogen-bond acceptors (Lipinski definition) is 0. The van der Waals surface area contributed by atoms with Crippen molar-refractivity contribution in [2.45, 2.75) is 0 Å². The van der Waals surface area contributed by atoms with E-state index in [0.717, 1.165) is 5.69 Å². The highest BCUT2D eigenvalue weighted by Crippen LogP contribution is 2.43. The average Bonchev–Trinajstić information content (AvgIpc) is 3.64. The maximum atomic E-state index is 2.45. The van der Waals surface area contributed by atoms with Gasteiger partial charge >= 0.3 is 0 Å². The van der Waals surface area contributed by atoms with E-state index in [9.17, 15) is 0 Å². The smallest absolute Gasteiger partial charge is 0.0548 e. The van der Waals surface area contributed by atoms with Crippen LogP contribution in [0.4, 0.5) is 0 Å². The second-order valence-electron chi connectivity index (χ2n) is 12.2. The Morgan fingerprint density at radius 2 is 0.848 bits per heavy atom. The molecule has 0 radical (unpaired) electrons. The van der Waals surface area contributed by atoms with Gasteiger partial charge in [-0.05, 0) is 81.2 Å². The highest BCUT2D eigenvalue weighted by atomic mass is 15.0. The van der Waals surface area contributed by atoms with Crippen molar-refractivity contribution < 1.29 is 0 Å². The molecule has 0 aliphatic rings. The molecule has 2 heteroatoms. The lowest BCUT2D eigenvalue weighted by Crippen LogP contribution is -1.95. The molecule has 0 amide bonds. The average molecular weight is 585 g/mol. The van der Waals surface area contributed by atoms with E-state index in [1.165, 1.54) is 82.0 Å². The third-order valence-electron chi connectivity index (χ3n) is 9.67. The van der Waals surface area contributed by atoms with Crippen LogP contribution in [-0.4, -0.2) is 9.13 Å². The molecule has 0 aliphatic carbocycles. The van der Waals surface area contributed by atoms with Crippen LogP contribution in [0.2, 0.25) is 0 Å². The van der Waals surface area contributed by atoms with E-state index in [-0.39, 0.29) is 0 Å². The molecule has 0 atom stereocenters. The molecule has 0 bridgehead atoms. The molecule has 0 spiro atoms. The Balaban J connectivity index is 1.28. The molecule has 0 unspecified atom stereocenters. The van der Waals surface area contributed by atoms with Gasteiger partial charge in [-0.1, -0.05) is 121 Å². The van der Waals surface area contributed by atoms with Gasteiger partial charge in [0.1, 0.15) is 0 Å². The van der Waals surface area contributed by atoms with Gasteiger partial charge in [-0.2, -0.15) is 0 Å². The lowest BCUT2D eigenvalue weighted by atomic mass is 9.98. The predicted molar refractivity (Wildman–Crippen MR) is 196 cm³/mol. The van der Waals surface area contributed by atoms with Crippen LogP contribution in [0.5, 0.6) is 0 Å². The SMILES string of the molecule is c1cc(-c2cccc3ccccc23)cc(-n2c3ccccc3c3c4c5ccccc5n(-c5ccc6ccccc6c5)c4ccc32)c1. The summed E-state index contributed by atoms with van der Waals surface area (Å²) in [7, 11) is 0. The van der Waals surface area contributed by atoms with Gasteiger partial charge in [0.2, 0.25) is 0 Å². The largest absolute Gasteiger partial charge is 0.309 e. The van der Waals surface area contributed by atoms with Gasteiger partial charge in [-0.3, -0.25) is 0 Å². The van der Waals surface area contributed by atoms with Crippen molar-refractivity contribution in [3.8, 4) is 22.5 Å². The Morgan fingerprint density at radius 3 is 1.57 bits per heavy atom. The molecular weight excluding hydrogens is 556 g/mol. The minimum atomic E-state index is 1.16. The summed E-state index contributed by atoms with van der Waals surface area (Å²) in [5.41, 5.74) is 9.67. The fourth-order valence-electron chi connectivity index (χ4n) is 7.68. The van der Waals surface area contributed by atoms with Crippen molar-refractivity contribution in [1.29, 1.82) is 0 Å². The number of para-hydroxylation sites is 2. The van der Waals surface area contributed by atoms with Crippen LogP contribution >= 0.6 is 0 Å². The van der Waals surface area contributed by atoms with Gasteiger partial charge in [0.25, 0.3) is 0 Å². The molecule has 0 fully saturated rings. The number of aromatic nitrogens is 2. The zero-order valence-electron chi connectivity index (χ0n) is 25.1. The third kappa shape index (κ3) is 3.59. The number of fused-ring (bicyclic) bond motifs is 9. The fourth-order valence-corrected chi connectivity index (χ4v) is 7.68. The Labute approximate surface area is 266 Å². The second-order valence-corrected chi connectivity index (χ2v) is 12.2. The molecule has 0 saturated heterocycles. The highest BCUT2D eigenvalue weighted by molar-refractivity contribution is 6.29. The molecule has 2 aromatic heterocycles. The van der Waals surface area contributed by atoms with Crippen LogP contribution in [0.1, 0.15) is 0 Å². The number of rotatable bonds is 3. The maximum absolute atomic E-state index is 2.45. The van der Waals surface area contributed by atoms with Crippen molar-refractivity contribution in [3.63, 3.8) is 0 Å². The summed E-state index contributed by atoms with van der Waals surface area (Å²) in [5, 5.41) is 10.1. The second kappa shape index (κ2) is 9.69. The molecular formula is C44H28N2. The summed E-state index contributed by atoms with van der Waals surface area (Å²) >= 11 is 0. The first-order valence-corrected chi connectivity index (χ1v) is 15.9. The third-order valence-corrected chi connectivity index (χ3v) is 9.67. The first-order valence-electron chi connectivity index (χ1n) is 15.9. The monoisotopic (exact) mass is 584 g/mol. The van der Waals surface area contributed by atoms with Gasteiger partial charge in [0.05, 0.1) is 22.1 Å². The minimum absolute atomic E-state index is 1.16. The standard InChI is InChI=1S/C44H28N2/c1-2-13-31-27-34(24-23-29(31)11-1)46-40-22-8-6-19-38(40)44-42(46)26-25-41-43(44)37-18-5-7-21-39(37)45(41)33-16-9-15-32(28-33)36-20-10-14-30-12-3-4-17-35(30)36/h1-28H. The first kappa shape index (κ1) is 25.2. The van der Waals surface area contributed by atoms with E-state index in [2.05, 4.69) is 179 Å². The molecule has 46 heavy (non-hydrogen) atoms. The fraction of sp³-hybridized carbons (Fsp3) is 0. The van der Waals surface area contributed by atoms with Crippen molar-refractivity contribution in [1.82, 2.24) is 9.13 Å². The summed E-state index contributed by atoms with van der Waals surface area (Å²) in [6.45, 7) is 0. The van der Waals surface area contributed by atoms with Gasteiger partial charge in [-0.25, -0.2) is 0 Å². The van der Waals surface area contributed by atoms with Crippen LogP contribution < -0.4 is 0 Å². The molecule has 0 N–H and O–H groups in total. The molecule has 10 rings (SSSR count). The first-order chi connectivity index (χ1) is 22.8. The van der Waals surface area contributed by atoms with Crippen molar-refractivity contribution in [2.75, 3.05) is 0 Å². The molecule has 2 nitrogen and oxygen atoms in total. The van der Waals surface area contributed by atoms with E-state index < -0.39 is 0 Å². The van der Waals surface area contributed by atoms with Gasteiger partial charge in [0.15, 0.2) is 0 Å². The maximum Gasteiger partial charge on any atom is 0.0548 e. The summed E-state index contributed by atoms with van der Waals surface area (Å²) in [4.78, 5) is 0. The lowest BCUT2D eigenvalue weighted by molar-refractivity contribution is 1.17. The molecule has 8 aromatic carbocycles. The molecule has 0 saturated carbocycles. The summed E-state index contributed by atoms with van der Waals surface area (Å²) < 4.78 is 4.88. The summed E-state index contributed by atoms with van der Waals surface area (Å²) in [6, 6.07) is 62.0. The van der Waals surface area contributed by atoms with E-state index in [1.54, 1.807) is 0 Å². The van der Waals surface area contributed by atoms with E-state index in [4.69, 9.17) is 0 Å². The van der Waals surface area contributed by atoms with Crippen LogP contribution in [0.15, 0.2) is 170 Å².